The van der Waals surface area contributed by atoms with Crippen LogP contribution in [0.5, 0.6) is 0 Å². The second-order valence-corrected chi connectivity index (χ2v) is 10.5. The monoisotopic (exact) mass is 453 g/mol. The quantitative estimate of drug-likeness (QED) is 0.144. The van der Waals surface area contributed by atoms with Gasteiger partial charge >= 0.3 is 6.09 Å². The normalized spacial score (nSPS) is 11.7. The molecule has 0 saturated carbocycles. The molecule has 0 saturated heterocycles. The summed E-state index contributed by atoms with van der Waals surface area (Å²) in [6.07, 6.45) is 27.5. The van der Waals surface area contributed by atoms with Crippen LogP contribution in [0.3, 0.4) is 0 Å². The molecule has 3 heteroatoms. The van der Waals surface area contributed by atoms with Gasteiger partial charge in [0.25, 0.3) is 0 Å². The summed E-state index contributed by atoms with van der Waals surface area (Å²) in [5.74, 6) is 0. The Morgan fingerprint density at radius 3 is 1.19 bits per heavy atom. The highest BCUT2D eigenvalue weighted by Gasteiger charge is 2.31. The van der Waals surface area contributed by atoms with Gasteiger partial charge in [-0.3, -0.25) is 0 Å². The first kappa shape index (κ1) is 31.3. The average molecular weight is 454 g/mol. The molecule has 0 heterocycles. The smallest absolute Gasteiger partial charge is 0.409 e. The molecule has 0 fully saturated rings. The van der Waals surface area contributed by atoms with Crippen molar-refractivity contribution in [2.45, 2.75) is 156 Å². The molecular formula is C29H59NO2. The second-order valence-electron chi connectivity index (χ2n) is 10.5. The zero-order chi connectivity index (χ0) is 23.9. The molecule has 32 heavy (non-hydrogen) atoms. The fraction of sp³-hybridized carbons (Fsp3) is 0.966. The predicted octanol–water partition coefficient (Wildman–Crippen LogP) is 9.92. The Morgan fingerprint density at radius 1 is 0.562 bits per heavy atom. The van der Waals surface area contributed by atoms with Gasteiger partial charge in [0, 0.05) is 19.5 Å². The molecule has 0 unspecified atom stereocenters. The lowest BCUT2D eigenvalue weighted by molar-refractivity contribution is 0.0442. The van der Waals surface area contributed by atoms with Crippen molar-refractivity contribution < 1.29 is 9.53 Å². The largest absolute Gasteiger partial charge is 0.449 e. The third kappa shape index (κ3) is 17.8. The van der Waals surface area contributed by atoms with Crippen LogP contribution in [0.4, 0.5) is 4.79 Å². The number of unbranched alkanes of at least 4 members (excludes halogenated alkanes) is 15. The number of hydrogen-bond donors (Lipinski definition) is 0. The maximum atomic E-state index is 12.2. The van der Waals surface area contributed by atoms with Crippen LogP contribution >= 0.6 is 0 Å². The van der Waals surface area contributed by atoms with Crippen LogP contribution in [0.1, 0.15) is 156 Å². The molecule has 0 radical (unpaired) electrons. The van der Waals surface area contributed by atoms with Crippen molar-refractivity contribution in [3.63, 3.8) is 0 Å². The van der Waals surface area contributed by atoms with Gasteiger partial charge in [0.1, 0.15) is 0 Å². The van der Waals surface area contributed by atoms with E-state index in [4.69, 9.17) is 4.74 Å². The van der Waals surface area contributed by atoms with E-state index >= 15 is 0 Å². The van der Waals surface area contributed by atoms with Crippen LogP contribution in [0.25, 0.3) is 0 Å². The highest BCUT2D eigenvalue weighted by atomic mass is 16.6. The standard InChI is InChI=1S/C29H59NO2/c1-6-9-12-15-18-21-24-29(27-32-28(31)30(4)5,25-22-19-16-13-10-7-2)26-23-20-17-14-11-8-3/h6-27H2,1-5H3. The second kappa shape index (κ2) is 22.1. The Bertz CT molecular complexity index is 367. The van der Waals surface area contributed by atoms with E-state index in [0.717, 1.165) is 0 Å². The van der Waals surface area contributed by atoms with Gasteiger partial charge in [-0.05, 0) is 19.3 Å². The molecule has 0 aromatic heterocycles. The molecule has 0 N–H and O–H groups in total. The van der Waals surface area contributed by atoms with E-state index in [2.05, 4.69) is 20.8 Å². The summed E-state index contributed by atoms with van der Waals surface area (Å²) in [4.78, 5) is 13.8. The van der Waals surface area contributed by atoms with E-state index in [1.54, 1.807) is 19.0 Å². The van der Waals surface area contributed by atoms with Crippen molar-refractivity contribution in [1.82, 2.24) is 4.90 Å². The predicted molar refractivity (Wildman–Crippen MR) is 141 cm³/mol. The molecule has 0 bridgehead atoms. The first-order valence-corrected chi connectivity index (χ1v) is 14.4. The van der Waals surface area contributed by atoms with Crippen molar-refractivity contribution in [3.8, 4) is 0 Å². The average Bonchev–Trinajstić information content (AvgIpc) is 2.78. The van der Waals surface area contributed by atoms with Gasteiger partial charge in [-0.1, -0.05) is 136 Å². The van der Waals surface area contributed by atoms with E-state index in [1.807, 2.05) is 0 Å². The van der Waals surface area contributed by atoms with E-state index in [-0.39, 0.29) is 11.5 Å². The molecule has 0 spiro atoms. The van der Waals surface area contributed by atoms with Crippen molar-refractivity contribution in [1.29, 1.82) is 0 Å². The molecule has 0 aliphatic rings. The minimum absolute atomic E-state index is 0.178. The van der Waals surface area contributed by atoms with Crippen LogP contribution in [-0.4, -0.2) is 31.7 Å². The van der Waals surface area contributed by atoms with E-state index in [9.17, 15) is 4.79 Å². The van der Waals surface area contributed by atoms with E-state index in [1.165, 1.54) is 135 Å². The van der Waals surface area contributed by atoms with Gasteiger partial charge in [0.15, 0.2) is 0 Å². The summed E-state index contributed by atoms with van der Waals surface area (Å²) in [6.45, 7) is 7.46. The van der Waals surface area contributed by atoms with Crippen LogP contribution in [0.15, 0.2) is 0 Å². The summed E-state index contributed by atoms with van der Waals surface area (Å²) in [5, 5.41) is 0. The minimum atomic E-state index is -0.178. The molecule has 0 aliphatic carbocycles. The zero-order valence-corrected chi connectivity index (χ0v) is 22.8. The summed E-state index contributed by atoms with van der Waals surface area (Å²) >= 11 is 0. The fourth-order valence-electron chi connectivity index (χ4n) is 4.78. The summed E-state index contributed by atoms with van der Waals surface area (Å²) in [6, 6.07) is 0. The molecule has 0 atom stereocenters. The third-order valence-electron chi connectivity index (χ3n) is 7.05. The van der Waals surface area contributed by atoms with E-state index < -0.39 is 0 Å². The van der Waals surface area contributed by atoms with Crippen molar-refractivity contribution in [2.75, 3.05) is 20.7 Å². The maximum absolute atomic E-state index is 12.2. The number of hydrogen-bond acceptors (Lipinski definition) is 2. The van der Waals surface area contributed by atoms with Crippen LogP contribution in [0, 0.1) is 5.41 Å². The molecule has 0 rings (SSSR count). The molecule has 0 aliphatic heterocycles. The number of amides is 1. The Hall–Kier alpha value is -0.730. The van der Waals surface area contributed by atoms with Crippen molar-refractivity contribution >= 4 is 6.09 Å². The number of rotatable bonds is 23. The Labute approximate surface area is 202 Å². The number of ether oxygens (including phenoxy) is 1. The maximum Gasteiger partial charge on any atom is 0.409 e. The van der Waals surface area contributed by atoms with Crippen molar-refractivity contribution in [2.24, 2.45) is 5.41 Å². The number of carbonyl (C=O) groups is 1. The van der Waals surface area contributed by atoms with Crippen LogP contribution in [0.2, 0.25) is 0 Å². The summed E-state index contributed by atoms with van der Waals surface area (Å²) in [5.41, 5.74) is 0.186. The Kier molecular flexibility index (Phi) is 21.6. The van der Waals surface area contributed by atoms with Crippen LogP contribution < -0.4 is 0 Å². The van der Waals surface area contributed by atoms with Gasteiger partial charge in [-0.2, -0.15) is 0 Å². The lowest BCUT2D eigenvalue weighted by atomic mass is 9.74. The van der Waals surface area contributed by atoms with Gasteiger partial charge in [-0.25, -0.2) is 4.79 Å². The lowest BCUT2D eigenvalue weighted by Gasteiger charge is -2.34. The molecular weight excluding hydrogens is 394 g/mol. The van der Waals surface area contributed by atoms with Gasteiger partial charge in [0.05, 0.1) is 6.61 Å². The first-order valence-electron chi connectivity index (χ1n) is 14.4. The minimum Gasteiger partial charge on any atom is -0.449 e. The van der Waals surface area contributed by atoms with Crippen LogP contribution in [-0.2, 0) is 4.74 Å². The highest BCUT2D eigenvalue weighted by molar-refractivity contribution is 5.66. The van der Waals surface area contributed by atoms with Gasteiger partial charge in [0.2, 0.25) is 0 Å². The van der Waals surface area contributed by atoms with E-state index in [0.29, 0.717) is 6.61 Å². The lowest BCUT2D eigenvalue weighted by Crippen LogP contribution is -2.32. The summed E-state index contributed by atoms with van der Waals surface area (Å²) in [7, 11) is 3.58. The van der Waals surface area contributed by atoms with Crippen molar-refractivity contribution in [3.05, 3.63) is 0 Å². The molecule has 0 aromatic rings. The number of carbonyl (C=O) groups excluding carboxylic acids is 1. The fourth-order valence-corrected chi connectivity index (χ4v) is 4.78. The topological polar surface area (TPSA) is 29.5 Å². The molecule has 192 valence electrons. The molecule has 3 nitrogen and oxygen atoms in total. The molecule has 1 amide bonds. The summed E-state index contributed by atoms with van der Waals surface area (Å²) < 4.78 is 5.84. The van der Waals surface area contributed by atoms with Gasteiger partial charge < -0.3 is 9.64 Å². The highest BCUT2D eigenvalue weighted by Crippen LogP contribution is 2.38. The first-order chi connectivity index (χ1) is 15.5. The molecule has 0 aromatic carbocycles. The Balaban J connectivity index is 4.89. The third-order valence-corrected chi connectivity index (χ3v) is 7.05. The SMILES string of the molecule is CCCCCCCCC(CCCCCCCC)(CCCCCCCC)COC(=O)N(C)C. The zero-order valence-electron chi connectivity index (χ0n) is 22.8. The number of nitrogens with zero attached hydrogens (tertiary/aromatic N) is 1. The van der Waals surface area contributed by atoms with Gasteiger partial charge in [-0.15, -0.1) is 0 Å². The Morgan fingerprint density at radius 2 is 0.875 bits per heavy atom.